The van der Waals surface area contributed by atoms with Crippen molar-refractivity contribution in [3.63, 3.8) is 0 Å². The first-order valence-electron chi connectivity index (χ1n) is 12.4. The van der Waals surface area contributed by atoms with Gasteiger partial charge in [-0.1, -0.05) is 32.4 Å². The van der Waals surface area contributed by atoms with Gasteiger partial charge in [0.1, 0.15) is 23.4 Å². The Kier molecular flexibility index (Phi) is 4.68. The smallest absolute Gasteiger partial charge is 0.117 e. The minimum atomic E-state index is -1.23. The highest BCUT2D eigenvalue weighted by atomic mass is 16.6. The number of fused-ring (bicyclic) bond motifs is 3. The molecule has 5 fully saturated rings. The largest absolute Gasteiger partial charge is 0.393 e. The fourth-order valence-electron chi connectivity index (χ4n) is 9.25. The monoisotopic (exact) mass is 418 g/mol. The summed E-state index contributed by atoms with van der Waals surface area (Å²) in [5.74, 6) is 2.10. The molecule has 0 amide bonds. The SMILES string of the molecule is CC(C)=CCC(C)[C@H]1CCC2[C@@]34O[C@@H]3[C@H](O)[C@@]3(O)C[C@@H](O)CC[C@]3(C)C4CC[C@@]21C. The molecule has 0 aromatic heterocycles. The van der Waals surface area contributed by atoms with Crippen molar-refractivity contribution in [2.24, 2.45) is 34.5 Å². The molecule has 0 aromatic rings. The minimum absolute atomic E-state index is 0.250. The highest BCUT2D eigenvalue weighted by Crippen LogP contribution is 2.76. The topological polar surface area (TPSA) is 73.2 Å². The number of allylic oxidation sites excluding steroid dienone is 2. The zero-order chi connectivity index (χ0) is 21.7. The highest BCUT2D eigenvalue weighted by molar-refractivity contribution is 5.32. The Morgan fingerprint density at radius 2 is 1.80 bits per heavy atom. The minimum Gasteiger partial charge on any atom is -0.393 e. The van der Waals surface area contributed by atoms with Crippen molar-refractivity contribution in [1.29, 1.82) is 0 Å². The first-order chi connectivity index (χ1) is 14.0. The van der Waals surface area contributed by atoms with Gasteiger partial charge < -0.3 is 20.1 Å². The molecule has 3 unspecified atom stereocenters. The summed E-state index contributed by atoms with van der Waals surface area (Å²) >= 11 is 0. The van der Waals surface area contributed by atoms with Gasteiger partial charge in [0.25, 0.3) is 0 Å². The predicted octanol–water partition coefficient (Wildman–Crippen LogP) is 4.22. The van der Waals surface area contributed by atoms with Crippen LogP contribution in [-0.4, -0.2) is 44.8 Å². The van der Waals surface area contributed by atoms with Gasteiger partial charge in [0.15, 0.2) is 0 Å². The number of aliphatic hydroxyl groups excluding tert-OH is 2. The van der Waals surface area contributed by atoms with Crippen LogP contribution >= 0.6 is 0 Å². The van der Waals surface area contributed by atoms with Gasteiger partial charge >= 0.3 is 0 Å². The Labute approximate surface area is 182 Å². The molecule has 5 aliphatic rings. The maximum absolute atomic E-state index is 11.7. The summed E-state index contributed by atoms with van der Waals surface area (Å²) in [5, 5.41) is 33.3. The van der Waals surface area contributed by atoms with Crippen LogP contribution in [0.2, 0.25) is 0 Å². The maximum Gasteiger partial charge on any atom is 0.117 e. The van der Waals surface area contributed by atoms with E-state index in [0.29, 0.717) is 24.2 Å². The zero-order valence-corrected chi connectivity index (χ0v) is 19.5. The van der Waals surface area contributed by atoms with Crippen molar-refractivity contribution in [1.82, 2.24) is 0 Å². The Morgan fingerprint density at radius 1 is 1.07 bits per heavy atom. The lowest BCUT2D eigenvalue weighted by Crippen LogP contribution is -2.72. The standard InChI is InChI=1S/C26H42O4/c1-15(2)6-7-16(3)18-8-9-19-23(18,4)12-11-20-24(5)13-10-17(27)14-25(24,29)21(28)22-26(19,20)30-22/h6,16-22,27-29H,7-14H2,1-5H3/t16?,17-,18+,19?,20?,21-,22+,23+,24+,25-,26-/m0/s1. The molecule has 4 saturated carbocycles. The van der Waals surface area contributed by atoms with Crippen LogP contribution in [0.1, 0.15) is 86.0 Å². The molecule has 5 rings (SSSR count). The van der Waals surface area contributed by atoms with E-state index in [4.69, 9.17) is 4.74 Å². The molecule has 1 heterocycles. The van der Waals surface area contributed by atoms with Crippen molar-refractivity contribution in [2.45, 2.75) is 115 Å². The second-order valence-electron chi connectivity index (χ2n) is 12.4. The van der Waals surface area contributed by atoms with Crippen LogP contribution in [0, 0.1) is 34.5 Å². The van der Waals surface area contributed by atoms with Crippen LogP contribution in [0.15, 0.2) is 11.6 Å². The molecule has 4 heteroatoms. The maximum atomic E-state index is 11.7. The molecule has 0 bridgehead atoms. The number of hydrogen-bond donors (Lipinski definition) is 3. The third-order valence-electron chi connectivity index (χ3n) is 10.9. The summed E-state index contributed by atoms with van der Waals surface area (Å²) in [4.78, 5) is 0. The van der Waals surface area contributed by atoms with Gasteiger partial charge in [-0.05, 0) is 87.9 Å². The van der Waals surface area contributed by atoms with E-state index >= 15 is 0 Å². The van der Waals surface area contributed by atoms with Crippen LogP contribution in [0.25, 0.3) is 0 Å². The van der Waals surface area contributed by atoms with Crippen LogP contribution in [0.4, 0.5) is 0 Å². The lowest BCUT2D eigenvalue weighted by Gasteiger charge is -2.63. The van der Waals surface area contributed by atoms with E-state index in [1.54, 1.807) is 0 Å². The molecule has 3 N–H and O–H groups in total. The zero-order valence-electron chi connectivity index (χ0n) is 19.5. The van der Waals surface area contributed by atoms with Crippen LogP contribution in [-0.2, 0) is 4.74 Å². The lowest BCUT2D eigenvalue weighted by atomic mass is 9.42. The Hall–Kier alpha value is -0.420. The molecular weight excluding hydrogens is 376 g/mol. The van der Waals surface area contributed by atoms with Crippen molar-refractivity contribution in [3.05, 3.63) is 11.6 Å². The van der Waals surface area contributed by atoms with Crippen molar-refractivity contribution < 1.29 is 20.1 Å². The van der Waals surface area contributed by atoms with E-state index in [1.165, 1.54) is 24.8 Å². The van der Waals surface area contributed by atoms with E-state index in [-0.39, 0.29) is 34.9 Å². The second kappa shape index (κ2) is 6.56. The molecule has 30 heavy (non-hydrogen) atoms. The summed E-state index contributed by atoms with van der Waals surface area (Å²) in [6.07, 6.45) is 8.31. The van der Waals surface area contributed by atoms with Crippen LogP contribution in [0.3, 0.4) is 0 Å². The Bertz CT molecular complexity index is 745. The highest BCUT2D eigenvalue weighted by Gasteiger charge is 2.84. The summed E-state index contributed by atoms with van der Waals surface area (Å²) in [7, 11) is 0. The molecule has 0 aromatic carbocycles. The van der Waals surface area contributed by atoms with E-state index in [2.05, 4.69) is 40.7 Å². The lowest BCUT2D eigenvalue weighted by molar-refractivity contribution is -0.246. The van der Waals surface area contributed by atoms with Crippen molar-refractivity contribution in [3.8, 4) is 0 Å². The number of rotatable bonds is 3. The molecule has 1 saturated heterocycles. The molecule has 170 valence electrons. The molecular formula is C26H42O4. The van der Waals surface area contributed by atoms with Gasteiger partial charge in [-0.15, -0.1) is 0 Å². The van der Waals surface area contributed by atoms with Gasteiger partial charge in [-0.2, -0.15) is 0 Å². The first-order valence-corrected chi connectivity index (χ1v) is 12.4. The van der Waals surface area contributed by atoms with Crippen LogP contribution in [0.5, 0.6) is 0 Å². The predicted molar refractivity (Wildman–Crippen MR) is 117 cm³/mol. The van der Waals surface area contributed by atoms with Crippen LogP contribution < -0.4 is 0 Å². The number of ether oxygens (including phenoxy) is 1. The van der Waals surface area contributed by atoms with Crippen molar-refractivity contribution in [2.75, 3.05) is 0 Å². The third-order valence-corrected chi connectivity index (χ3v) is 10.9. The van der Waals surface area contributed by atoms with Crippen molar-refractivity contribution >= 4 is 0 Å². The van der Waals surface area contributed by atoms with E-state index in [0.717, 1.165) is 19.3 Å². The summed E-state index contributed by atoms with van der Waals surface area (Å²) in [6, 6.07) is 0. The normalized spacial score (nSPS) is 57.5. The molecule has 0 radical (unpaired) electrons. The summed E-state index contributed by atoms with van der Waals surface area (Å²) in [6.45, 7) is 11.5. The van der Waals surface area contributed by atoms with E-state index in [9.17, 15) is 15.3 Å². The Balaban J connectivity index is 1.48. The second-order valence-corrected chi connectivity index (χ2v) is 12.4. The quantitative estimate of drug-likeness (QED) is 0.474. The summed E-state index contributed by atoms with van der Waals surface area (Å²) in [5.41, 5.74) is -0.231. The Morgan fingerprint density at radius 3 is 2.50 bits per heavy atom. The molecule has 1 spiro atoms. The first kappa shape index (κ1) is 21.4. The molecule has 4 aliphatic carbocycles. The van der Waals surface area contributed by atoms with E-state index < -0.39 is 17.8 Å². The fourth-order valence-corrected chi connectivity index (χ4v) is 9.25. The fraction of sp³-hybridized carbons (Fsp3) is 0.923. The number of hydrogen-bond acceptors (Lipinski definition) is 4. The average molecular weight is 419 g/mol. The van der Waals surface area contributed by atoms with Gasteiger partial charge in [-0.25, -0.2) is 0 Å². The van der Waals surface area contributed by atoms with Gasteiger partial charge in [0, 0.05) is 11.8 Å². The molecule has 11 atom stereocenters. The van der Waals surface area contributed by atoms with Gasteiger partial charge in [-0.3, -0.25) is 0 Å². The molecule has 1 aliphatic heterocycles. The number of epoxide rings is 1. The van der Waals surface area contributed by atoms with E-state index in [1.807, 2.05) is 0 Å². The number of aliphatic hydroxyl groups is 3. The third kappa shape index (κ3) is 2.48. The van der Waals surface area contributed by atoms with Gasteiger partial charge in [0.2, 0.25) is 0 Å². The average Bonchev–Trinajstić information content (AvgIpc) is 3.28. The summed E-state index contributed by atoms with van der Waals surface area (Å²) < 4.78 is 6.54. The molecule has 4 nitrogen and oxygen atoms in total. The van der Waals surface area contributed by atoms with Gasteiger partial charge in [0.05, 0.1) is 6.10 Å².